The average molecular weight is 292 g/mol. The van der Waals surface area contributed by atoms with E-state index >= 15 is 0 Å². The molecular weight excluding hydrogens is 260 g/mol. The fourth-order valence-electron chi connectivity index (χ4n) is 2.10. The fourth-order valence-corrected chi connectivity index (χ4v) is 2.10. The van der Waals surface area contributed by atoms with Crippen LogP contribution in [0.5, 0.6) is 11.5 Å². The molecular formula is C19H32O2. The molecule has 0 amide bonds. The molecule has 0 radical (unpaired) electrons. The summed E-state index contributed by atoms with van der Waals surface area (Å²) in [4.78, 5) is 0. The Kier molecular flexibility index (Phi) is 5.02. The van der Waals surface area contributed by atoms with Crippen LogP contribution in [0.25, 0.3) is 0 Å². The summed E-state index contributed by atoms with van der Waals surface area (Å²) in [6, 6.07) is 6.30. The maximum Gasteiger partial charge on any atom is 0.162 e. The number of benzene rings is 1. The van der Waals surface area contributed by atoms with Gasteiger partial charge in [-0.1, -0.05) is 26.8 Å². The van der Waals surface area contributed by atoms with E-state index in [1.807, 2.05) is 6.07 Å². The van der Waals surface area contributed by atoms with E-state index in [2.05, 4.69) is 74.4 Å². The van der Waals surface area contributed by atoms with Gasteiger partial charge in [-0.15, -0.1) is 0 Å². The predicted octanol–water partition coefficient (Wildman–Crippen LogP) is 5.63. The van der Waals surface area contributed by atoms with Crippen molar-refractivity contribution in [2.75, 3.05) is 0 Å². The van der Waals surface area contributed by atoms with Crippen molar-refractivity contribution in [3.05, 3.63) is 23.8 Å². The summed E-state index contributed by atoms with van der Waals surface area (Å²) in [6.45, 7) is 19.1. The molecule has 0 aliphatic rings. The topological polar surface area (TPSA) is 18.5 Å². The second-order valence-corrected chi connectivity index (χ2v) is 8.95. The smallest absolute Gasteiger partial charge is 0.162 e. The molecule has 1 aromatic rings. The van der Waals surface area contributed by atoms with Crippen molar-refractivity contribution < 1.29 is 9.47 Å². The van der Waals surface area contributed by atoms with Crippen LogP contribution in [0.4, 0.5) is 0 Å². The summed E-state index contributed by atoms with van der Waals surface area (Å²) >= 11 is 0. The molecule has 0 N–H and O–H groups in total. The number of ether oxygens (including phenoxy) is 2. The highest BCUT2D eigenvalue weighted by Gasteiger charge is 2.21. The van der Waals surface area contributed by atoms with Crippen LogP contribution >= 0.6 is 0 Å². The molecule has 0 heterocycles. The Balaban J connectivity index is 3.14. The minimum Gasteiger partial charge on any atom is -0.484 e. The first kappa shape index (κ1) is 17.9. The maximum absolute atomic E-state index is 6.11. The van der Waals surface area contributed by atoms with Crippen molar-refractivity contribution in [2.45, 2.75) is 79.9 Å². The van der Waals surface area contributed by atoms with Crippen LogP contribution in [-0.4, -0.2) is 11.2 Å². The van der Waals surface area contributed by atoms with Crippen LogP contribution < -0.4 is 9.47 Å². The largest absolute Gasteiger partial charge is 0.484 e. The molecule has 0 fully saturated rings. The molecule has 0 aliphatic carbocycles. The Morgan fingerprint density at radius 3 is 1.62 bits per heavy atom. The van der Waals surface area contributed by atoms with Crippen molar-refractivity contribution in [2.24, 2.45) is 5.41 Å². The van der Waals surface area contributed by atoms with E-state index in [1.165, 1.54) is 5.56 Å². The molecule has 2 heteroatoms. The molecule has 1 rings (SSSR count). The third kappa shape index (κ3) is 7.40. The van der Waals surface area contributed by atoms with Gasteiger partial charge in [-0.3, -0.25) is 0 Å². The van der Waals surface area contributed by atoms with Gasteiger partial charge >= 0.3 is 0 Å². The van der Waals surface area contributed by atoms with Gasteiger partial charge in [0.2, 0.25) is 0 Å². The first-order valence-electron chi connectivity index (χ1n) is 7.76. The standard InChI is InChI=1S/C19H32O2/c1-17(2,3)13-14-10-11-15(20-18(4,5)6)16(12-14)21-19(7,8)9/h10-12H,13H2,1-9H3. The second-order valence-electron chi connectivity index (χ2n) is 8.95. The quantitative estimate of drug-likeness (QED) is 0.718. The summed E-state index contributed by atoms with van der Waals surface area (Å²) in [7, 11) is 0. The molecule has 0 aromatic heterocycles. The zero-order chi connectivity index (χ0) is 16.5. The minimum absolute atomic E-state index is 0.235. The lowest BCUT2D eigenvalue weighted by molar-refractivity contribution is 0.0956. The first-order valence-corrected chi connectivity index (χ1v) is 7.76. The number of rotatable bonds is 3. The highest BCUT2D eigenvalue weighted by Crippen LogP contribution is 2.35. The molecule has 0 unspecified atom stereocenters. The highest BCUT2D eigenvalue weighted by molar-refractivity contribution is 5.44. The molecule has 0 aliphatic heterocycles. The van der Waals surface area contributed by atoms with Gasteiger partial charge in [0.1, 0.15) is 11.2 Å². The van der Waals surface area contributed by atoms with E-state index in [9.17, 15) is 0 Å². The van der Waals surface area contributed by atoms with Crippen LogP contribution in [0.3, 0.4) is 0 Å². The van der Waals surface area contributed by atoms with Gasteiger partial charge in [-0.25, -0.2) is 0 Å². The van der Waals surface area contributed by atoms with Crippen LogP contribution in [0.1, 0.15) is 67.9 Å². The Labute approximate surface area is 130 Å². The van der Waals surface area contributed by atoms with Crippen LogP contribution in [0.2, 0.25) is 0 Å². The molecule has 0 saturated carbocycles. The van der Waals surface area contributed by atoms with E-state index in [-0.39, 0.29) is 16.6 Å². The van der Waals surface area contributed by atoms with Gasteiger partial charge in [0, 0.05) is 0 Å². The minimum atomic E-state index is -0.240. The van der Waals surface area contributed by atoms with E-state index in [0.29, 0.717) is 0 Å². The Bertz CT molecular complexity index is 468. The van der Waals surface area contributed by atoms with Crippen molar-refractivity contribution >= 4 is 0 Å². The molecule has 0 spiro atoms. The van der Waals surface area contributed by atoms with E-state index in [4.69, 9.17) is 9.47 Å². The van der Waals surface area contributed by atoms with Crippen LogP contribution in [0.15, 0.2) is 18.2 Å². The third-order valence-electron chi connectivity index (χ3n) is 2.57. The monoisotopic (exact) mass is 292 g/mol. The average Bonchev–Trinajstić information content (AvgIpc) is 2.15. The highest BCUT2D eigenvalue weighted by atomic mass is 16.5. The number of hydrogen-bond donors (Lipinski definition) is 0. The lowest BCUT2D eigenvalue weighted by Crippen LogP contribution is -2.26. The third-order valence-corrected chi connectivity index (χ3v) is 2.57. The van der Waals surface area contributed by atoms with E-state index in [0.717, 1.165) is 17.9 Å². The van der Waals surface area contributed by atoms with E-state index in [1.54, 1.807) is 0 Å². The van der Waals surface area contributed by atoms with Crippen molar-refractivity contribution in [1.29, 1.82) is 0 Å². The van der Waals surface area contributed by atoms with Crippen molar-refractivity contribution in [3.8, 4) is 11.5 Å². The number of hydrogen-bond acceptors (Lipinski definition) is 2. The molecule has 0 bridgehead atoms. The summed E-state index contributed by atoms with van der Waals surface area (Å²) in [5.74, 6) is 1.65. The second kappa shape index (κ2) is 5.90. The Morgan fingerprint density at radius 2 is 1.19 bits per heavy atom. The maximum atomic E-state index is 6.11. The van der Waals surface area contributed by atoms with Crippen molar-refractivity contribution in [1.82, 2.24) is 0 Å². The molecule has 21 heavy (non-hydrogen) atoms. The normalized spacial score (nSPS) is 13.2. The van der Waals surface area contributed by atoms with Crippen LogP contribution in [0, 0.1) is 5.41 Å². The van der Waals surface area contributed by atoms with Crippen LogP contribution in [-0.2, 0) is 6.42 Å². The SMILES string of the molecule is CC(C)(C)Cc1ccc(OC(C)(C)C)c(OC(C)(C)C)c1. The summed E-state index contributed by atoms with van der Waals surface area (Å²) < 4.78 is 12.1. The Morgan fingerprint density at radius 1 is 0.714 bits per heavy atom. The van der Waals surface area contributed by atoms with Crippen molar-refractivity contribution in [3.63, 3.8) is 0 Å². The lowest BCUT2D eigenvalue weighted by Gasteiger charge is -2.28. The summed E-state index contributed by atoms with van der Waals surface area (Å²) in [5.41, 5.74) is 1.06. The Hall–Kier alpha value is -1.18. The molecule has 0 saturated heterocycles. The van der Waals surface area contributed by atoms with Gasteiger partial charge < -0.3 is 9.47 Å². The molecule has 120 valence electrons. The van der Waals surface area contributed by atoms with Gasteiger partial charge in [0.05, 0.1) is 0 Å². The lowest BCUT2D eigenvalue weighted by atomic mass is 9.88. The van der Waals surface area contributed by atoms with Gasteiger partial charge in [0.25, 0.3) is 0 Å². The van der Waals surface area contributed by atoms with E-state index < -0.39 is 0 Å². The van der Waals surface area contributed by atoms with Gasteiger partial charge in [-0.2, -0.15) is 0 Å². The zero-order valence-corrected chi connectivity index (χ0v) is 15.3. The fraction of sp³-hybridized carbons (Fsp3) is 0.684. The molecule has 2 nitrogen and oxygen atoms in total. The zero-order valence-electron chi connectivity index (χ0n) is 15.3. The summed E-state index contributed by atoms with van der Waals surface area (Å²) in [6.07, 6.45) is 1.02. The first-order chi connectivity index (χ1) is 9.25. The van der Waals surface area contributed by atoms with Gasteiger partial charge in [0.15, 0.2) is 11.5 Å². The predicted molar refractivity (Wildman–Crippen MR) is 90.4 cm³/mol. The summed E-state index contributed by atoms with van der Waals surface area (Å²) in [5, 5.41) is 0. The van der Waals surface area contributed by atoms with Gasteiger partial charge in [-0.05, 0) is 71.1 Å². The molecule has 0 atom stereocenters. The molecule has 1 aromatic carbocycles.